The summed E-state index contributed by atoms with van der Waals surface area (Å²) in [5.41, 5.74) is 0. The third-order valence-corrected chi connectivity index (χ3v) is 0. The molecule has 0 unspecified atom stereocenters. The Morgan fingerprint density at radius 2 is 1.00 bits per heavy atom. The molecular weight excluding hydrogens is 431 g/mol. The maximum Gasteiger partial charge on any atom is 2.00 e. The van der Waals surface area contributed by atoms with E-state index in [0.717, 1.165) is 0 Å². The maximum absolute atomic E-state index is 8.52. The van der Waals surface area contributed by atoms with Gasteiger partial charge in [0.1, 0.15) is 0 Å². The van der Waals surface area contributed by atoms with Gasteiger partial charge in [-0.3, -0.25) is 8.42 Å². The summed E-state index contributed by atoms with van der Waals surface area (Å²) in [5.74, 6) is 0. The fraction of sp³-hybridized carbons (Fsp3) is 0. The van der Waals surface area contributed by atoms with Gasteiger partial charge in [0.15, 0.2) is 0 Å². The van der Waals surface area contributed by atoms with Crippen molar-refractivity contribution >= 4 is 114 Å². The van der Waals surface area contributed by atoms with Gasteiger partial charge >= 0.3 is 97.8 Å². The van der Waals surface area contributed by atoms with Gasteiger partial charge in [-0.05, 0) is 6.16 Å². The molecule has 10 heteroatoms. The Hall–Kier alpha value is 2.28. The van der Waals surface area contributed by atoms with Crippen molar-refractivity contribution in [1.82, 2.24) is 0 Å². The molecule has 0 saturated heterocycles. The van der Waals surface area contributed by atoms with Gasteiger partial charge < -0.3 is 24.1 Å². The maximum atomic E-state index is 8.52. The second-order valence-corrected chi connectivity index (χ2v) is 1.47. The van der Waals surface area contributed by atoms with Crippen LogP contribution >= 0.6 is 0 Å². The summed E-state index contributed by atoms with van der Waals surface area (Å²) in [7, 11) is -5.17. The van der Waals surface area contributed by atoms with Crippen LogP contribution in [0, 0.1) is 0 Å². The molecule has 0 heterocycles. The van der Waals surface area contributed by atoms with E-state index in [2.05, 4.69) is 0 Å². The van der Waals surface area contributed by atoms with Gasteiger partial charge in [0.2, 0.25) is 0 Å². The van der Waals surface area contributed by atoms with Crippen LogP contribution in [-0.4, -0.2) is 121 Å². The molecule has 0 aliphatic heterocycles. The van der Waals surface area contributed by atoms with E-state index in [1.165, 1.54) is 0 Å². The van der Waals surface area contributed by atoms with Crippen LogP contribution in [0.4, 0.5) is 4.79 Å². The number of carbonyl (C=O) groups excluding carboxylic acids is 1. The zero-order valence-electron chi connectivity index (χ0n) is 5.18. The molecule has 0 atom stereocenters. The summed E-state index contributed by atoms with van der Waals surface area (Å²) in [6.45, 7) is 0. The largest absolute Gasteiger partial charge is 2.00 e. The number of rotatable bonds is 0. The van der Waals surface area contributed by atoms with Crippen molar-refractivity contribution in [1.29, 1.82) is 0 Å². The smallest absolute Gasteiger partial charge is 0.759 e. The minimum atomic E-state index is -5.17. The third kappa shape index (κ3) is 249. The Bertz CT molecular complexity index is 159. The molecule has 0 amide bonds. The normalized spacial score (nSPS) is 7.45. The zero-order valence-corrected chi connectivity index (χ0v) is 14.9. The average Bonchev–Trinajstić information content (AvgIpc) is 1.19. The predicted octanol–water partition coefficient (Wildman–Crippen LogP) is -4.55. The molecule has 7 nitrogen and oxygen atoms in total. The van der Waals surface area contributed by atoms with E-state index in [9.17, 15) is 0 Å². The predicted molar refractivity (Wildman–Crippen MR) is 27.4 cm³/mol. The van der Waals surface area contributed by atoms with Crippen LogP contribution in [0.2, 0.25) is 0 Å². The van der Waals surface area contributed by atoms with Crippen LogP contribution in [0.15, 0.2) is 0 Å². The van der Waals surface area contributed by atoms with Crippen molar-refractivity contribution < 1.29 is 32.5 Å². The van der Waals surface area contributed by atoms with Crippen LogP contribution in [0.3, 0.4) is 0 Å². The van der Waals surface area contributed by atoms with Gasteiger partial charge in [0.25, 0.3) is 0 Å². The van der Waals surface area contributed by atoms with Crippen LogP contribution in [0.5, 0.6) is 0 Å². The van der Waals surface area contributed by atoms with Gasteiger partial charge in [0, 0.05) is 10.4 Å². The molecule has 0 aromatic heterocycles. The molecule has 0 bridgehead atoms. The summed E-state index contributed by atoms with van der Waals surface area (Å²) in [6, 6.07) is 0. The summed E-state index contributed by atoms with van der Waals surface area (Å²) >= 11 is 0. The minimum absolute atomic E-state index is 0. The molecule has 0 aliphatic carbocycles. The first-order valence-electron chi connectivity index (χ1n) is 1.28. The molecule has 0 fully saturated rings. The van der Waals surface area contributed by atoms with Crippen molar-refractivity contribution in [2.45, 2.75) is 0 Å². The molecule has 0 aromatic rings. The first-order chi connectivity index (χ1) is 3.73. The van der Waals surface area contributed by atoms with E-state index in [4.69, 9.17) is 32.5 Å². The molecule has 56 valence electrons. The number of hydrogen-bond acceptors (Lipinski definition) is 7. The topological polar surface area (TPSA) is 143 Å². The molecule has 0 aliphatic rings. The van der Waals surface area contributed by atoms with Crippen molar-refractivity contribution in [3.8, 4) is 0 Å². The monoisotopic (exact) mass is 432 g/mol. The molecule has 0 radical (unpaired) electrons. The van der Waals surface area contributed by atoms with Gasteiger partial charge in [-0.25, -0.2) is 0 Å². The summed E-state index contributed by atoms with van der Waals surface area (Å²) < 4.78 is 34.1. The Morgan fingerprint density at radius 3 is 1.00 bits per heavy atom. The van der Waals surface area contributed by atoms with Gasteiger partial charge in [-0.1, -0.05) is 0 Å². The quantitative estimate of drug-likeness (QED) is 0.214. The Balaban J connectivity index is -0.0000000383. The molecule has 11 heavy (non-hydrogen) atoms. The zero-order chi connectivity index (χ0) is 8.08. The minimum Gasteiger partial charge on any atom is -0.759 e. The average molecular weight is 431 g/mol. The number of carbonyl (C=O) groups is 1. The Kier molecular flexibility index (Phi) is 26.0. The summed E-state index contributed by atoms with van der Waals surface area (Å²) in [5, 5.41) is 16.7. The van der Waals surface area contributed by atoms with Gasteiger partial charge in [0.05, 0.1) is 0 Å². The summed E-state index contributed by atoms with van der Waals surface area (Å²) in [6.07, 6.45) is -2.33. The van der Waals surface area contributed by atoms with Crippen LogP contribution in [0.1, 0.15) is 0 Å². The van der Waals surface area contributed by atoms with E-state index in [1.807, 2.05) is 0 Å². The van der Waals surface area contributed by atoms with Crippen molar-refractivity contribution in [3.63, 3.8) is 0 Å². The van der Waals surface area contributed by atoms with E-state index >= 15 is 0 Å². The Morgan fingerprint density at radius 1 is 1.00 bits per heavy atom. The van der Waals surface area contributed by atoms with E-state index in [0.29, 0.717) is 0 Å². The van der Waals surface area contributed by atoms with Gasteiger partial charge in [-0.2, -0.15) is 0 Å². The van der Waals surface area contributed by atoms with Crippen LogP contribution in [-0.2, 0) is 10.4 Å². The Labute approximate surface area is 143 Å². The van der Waals surface area contributed by atoms with E-state index in [-0.39, 0.29) is 97.8 Å². The van der Waals surface area contributed by atoms with Crippen molar-refractivity contribution in [2.24, 2.45) is 0 Å². The number of hydrogen-bond donors (Lipinski definition) is 0. The molecule has 0 spiro atoms. The van der Waals surface area contributed by atoms with Crippen LogP contribution < -0.4 is 10.2 Å². The molecular formula is CBa2O7S. The third-order valence-electron chi connectivity index (χ3n) is 0. The molecule has 0 aromatic carbocycles. The van der Waals surface area contributed by atoms with Gasteiger partial charge in [-0.15, -0.1) is 0 Å². The standard InChI is InChI=1S/CH2O3.2Ba.H2O4S/c2-1(3)4;;;1-5(2,3)4/h(H2,2,3,4);;;(H2,1,2,3,4)/q;2*+2;/p-4. The second kappa shape index (κ2) is 12.3. The molecule has 0 saturated carbocycles. The number of carboxylic acid groups (broad SMARTS) is 2. The SMILES string of the molecule is O=C([O-])[O-].O=S(=O)([O-])[O-].[Ba+2].[Ba+2]. The van der Waals surface area contributed by atoms with Crippen molar-refractivity contribution in [2.75, 3.05) is 0 Å². The molecule has 0 N–H and O–H groups in total. The first-order valence-corrected chi connectivity index (χ1v) is 2.61. The van der Waals surface area contributed by atoms with E-state index < -0.39 is 16.6 Å². The fourth-order valence-corrected chi connectivity index (χ4v) is 0. The van der Waals surface area contributed by atoms with E-state index in [1.54, 1.807) is 0 Å². The molecule has 0 rings (SSSR count). The van der Waals surface area contributed by atoms with Crippen molar-refractivity contribution in [3.05, 3.63) is 0 Å². The first kappa shape index (κ1) is 23.3. The second-order valence-electron chi connectivity index (χ2n) is 0.658. The fourth-order valence-electron chi connectivity index (χ4n) is 0. The van der Waals surface area contributed by atoms with Crippen LogP contribution in [0.25, 0.3) is 0 Å². The summed E-state index contributed by atoms with van der Waals surface area (Å²) in [4.78, 5) is 8.33.